The van der Waals surface area contributed by atoms with E-state index in [0.717, 1.165) is 6.04 Å². The van der Waals surface area contributed by atoms with Gasteiger partial charge in [0.1, 0.15) is 35.7 Å². The molecule has 0 fully saturated rings. The van der Waals surface area contributed by atoms with E-state index in [4.69, 9.17) is 33.2 Å². The van der Waals surface area contributed by atoms with E-state index >= 15 is 0 Å². The van der Waals surface area contributed by atoms with Crippen LogP contribution < -0.4 is 0 Å². The van der Waals surface area contributed by atoms with E-state index in [9.17, 15) is 9.50 Å². The van der Waals surface area contributed by atoms with Crippen LogP contribution in [0.4, 0.5) is 4.39 Å². The first-order valence-electron chi connectivity index (χ1n) is 8.48. The minimum absolute atomic E-state index is 0.0752. The summed E-state index contributed by atoms with van der Waals surface area (Å²) >= 11 is 12.2. The molecule has 1 atom stereocenters. The van der Waals surface area contributed by atoms with E-state index in [0.29, 0.717) is 12.2 Å². The molecule has 0 aliphatic rings. The minimum atomic E-state index is -1.22. The maximum atomic E-state index is 13.5. The lowest BCUT2D eigenvalue weighted by atomic mass is 10.0. The molecule has 27 heavy (non-hydrogen) atoms. The molecule has 0 bridgehead atoms. The summed E-state index contributed by atoms with van der Waals surface area (Å²) in [6, 6.07) is 6.90. The fraction of sp³-hybridized carbons (Fsp3) is 0.444. The van der Waals surface area contributed by atoms with Gasteiger partial charge in [0.2, 0.25) is 0 Å². The molecule has 0 saturated carbocycles. The molecular formula is C18H22Cl2FN3O2Si. The lowest BCUT2D eigenvalue weighted by molar-refractivity contribution is 0.0751. The Morgan fingerprint density at radius 1 is 1.37 bits per heavy atom. The largest absolute Gasteiger partial charge is 0.385 e. The standard InChI is InChI=1S/C18H22Cl2FN3O2Si/c1-27(2,3)7-6-26-11-24-17(20)16(19)23-18(24)15(25)9-12-4-5-14(21)13(8-12)10-22/h4-5,8,15,25H,6-7,9,11H2,1-3H3. The second-order valence-corrected chi connectivity index (χ2v) is 13.8. The molecule has 9 heteroatoms. The summed E-state index contributed by atoms with van der Waals surface area (Å²) in [4.78, 5) is 4.13. The summed E-state index contributed by atoms with van der Waals surface area (Å²) in [7, 11) is -1.22. The number of nitrogens with zero attached hydrogens (tertiary/aromatic N) is 3. The molecule has 146 valence electrons. The summed E-state index contributed by atoms with van der Waals surface area (Å²) in [5.41, 5.74) is 0.524. The minimum Gasteiger partial charge on any atom is -0.385 e. The number of nitriles is 1. The van der Waals surface area contributed by atoms with Crippen LogP contribution in [-0.4, -0.2) is 29.3 Å². The molecule has 1 unspecified atom stereocenters. The summed E-state index contributed by atoms with van der Waals surface area (Å²) in [6.45, 7) is 7.48. The summed E-state index contributed by atoms with van der Waals surface area (Å²) in [5.74, 6) is -0.333. The number of ether oxygens (including phenoxy) is 1. The van der Waals surface area contributed by atoms with E-state index in [1.807, 2.05) is 0 Å². The number of aromatic nitrogens is 2. The highest BCUT2D eigenvalue weighted by atomic mass is 35.5. The Bertz CT molecular complexity index is 846. The third-order valence-corrected chi connectivity index (χ3v) is 6.44. The summed E-state index contributed by atoms with van der Waals surface area (Å²) < 4.78 is 20.7. The lowest BCUT2D eigenvalue weighted by Gasteiger charge is -2.17. The van der Waals surface area contributed by atoms with E-state index in [-0.39, 0.29) is 34.8 Å². The van der Waals surface area contributed by atoms with Gasteiger partial charge in [-0.1, -0.05) is 48.9 Å². The van der Waals surface area contributed by atoms with Crippen molar-refractivity contribution in [3.8, 4) is 6.07 Å². The molecule has 0 spiro atoms. The van der Waals surface area contributed by atoms with E-state index in [2.05, 4.69) is 24.6 Å². The van der Waals surface area contributed by atoms with Gasteiger partial charge in [-0.2, -0.15) is 5.26 Å². The van der Waals surface area contributed by atoms with Gasteiger partial charge < -0.3 is 9.84 Å². The molecular weight excluding hydrogens is 408 g/mol. The molecule has 2 aromatic rings. The molecule has 0 aliphatic heterocycles. The van der Waals surface area contributed by atoms with Crippen LogP contribution in [0.2, 0.25) is 36.0 Å². The van der Waals surface area contributed by atoms with Crippen molar-refractivity contribution in [3.63, 3.8) is 0 Å². The first-order chi connectivity index (χ1) is 12.6. The molecule has 1 N–H and O–H groups in total. The van der Waals surface area contributed by atoms with Crippen molar-refractivity contribution in [2.45, 2.75) is 44.9 Å². The Labute approximate surface area is 169 Å². The summed E-state index contributed by atoms with van der Waals surface area (Å²) in [6.07, 6.45) is -0.902. The average molecular weight is 430 g/mol. The van der Waals surface area contributed by atoms with Crippen molar-refractivity contribution in [2.75, 3.05) is 6.61 Å². The van der Waals surface area contributed by atoms with Gasteiger partial charge in [-0.05, 0) is 23.7 Å². The predicted octanol–water partition coefficient (Wildman–Crippen LogP) is 4.79. The normalized spacial score (nSPS) is 12.8. The van der Waals surface area contributed by atoms with Crippen LogP contribution in [0.5, 0.6) is 0 Å². The summed E-state index contributed by atoms with van der Waals surface area (Å²) in [5, 5.41) is 19.8. The van der Waals surface area contributed by atoms with E-state index in [1.165, 1.54) is 22.8 Å². The first-order valence-corrected chi connectivity index (χ1v) is 12.9. The van der Waals surface area contributed by atoms with Crippen LogP contribution in [0, 0.1) is 17.1 Å². The van der Waals surface area contributed by atoms with Gasteiger partial charge in [-0.25, -0.2) is 9.37 Å². The van der Waals surface area contributed by atoms with Gasteiger partial charge in [-0.3, -0.25) is 4.57 Å². The van der Waals surface area contributed by atoms with Gasteiger partial charge in [0, 0.05) is 21.1 Å². The van der Waals surface area contributed by atoms with Crippen LogP contribution >= 0.6 is 23.2 Å². The van der Waals surface area contributed by atoms with Crippen molar-refractivity contribution in [1.82, 2.24) is 9.55 Å². The monoisotopic (exact) mass is 429 g/mol. The zero-order valence-electron chi connectivity index (χ0n) is 15.5. The van der Waals surface area contributed by atoms with Crippen LogP contribution in [0.3, 0.4) is 0 Å². The van der Waals surface area contributed by atoms with Crippen LogP contribution in [-0.2, 0) is 17.9 Å². The Morgan fingerprint density at radius 2 is 2.07 bits per heavy atom. The van der Waals surface area contributed by atoms with Gasteiger partial charge in [0.15, 0.2) is 5.15 Å². The Hall–Kier alpha value is -1.43. The van der Waals surface area contributed by atoms with E-state index in [1.54, 1.807) is 6.07 Å². The Balaban J connectivity index is 2.13. The number of benzene rings is 1. The maximum absolute atomic E-state index is 13.5. The van der Waals surface area contributed by atoms with Crippen molar-refractivity contribution >= 4 is 31.3 Å². The zero-order valence-corrected chi connectivity index (χ0v) is 18.0. The van der Waals surface area contributed by atoms with Gasteiger partial charge in [-0.15, -0.1) is 0 Å². The topological polar surface area (TPSA) is 71.1 Å². The van der Waals surface area contributed by atoms with Crippen LogP contribution in [0.1, 0.15) is 23.1 Å². The zero-order chi connectivity index (χ0) is 20.2. The molecule has 1 aromatic heterocycles. The highest BCUT2D eigenvalue weighted by molar-refractivity contribution is 6.76. The lowest BCUT2D eigenvalue weighted by Crippen LogP contribution is -2.22. The van der Waals surface area contributed by atoms with Crippen LogP contribution in [0.25, 0.3) is 0 Å². The fourth-order valence-corrected chi connectivity index (χ4v) is 3.55. The van der Waals surface area contributed by atoms with Crippen LogP contribution in [0.15, 0.2) is 18.2 Å². The third-order valence-electron chi connectivity index (χ3n) is 3.99. The van der Waals surface area contributed by atoms with Gasteiger partial charge in [0.05, 0.1) is 5.56 Å². The number of hydrogen-bond donors (Lipinski definition) is 1. The number of imidazole rings is 1. The average Bonchev–Trinajstić information content (AvgIpc) is 2.87. The van der Waals surface area contributed by atoms with Crippen molar-refractivity contribution in [3.05, 3.63) is 51.3 Å². The second-order valence-electron chi connectivity index (χ2n) is 7.47. The fourth-order valence-electron chi connectivity index (χ4n) is 2.43. The Morgan fingerprint density at radius 3 is 2.70 bits per heavy atom. The molecule has 0 aliphatic carbocycles. The second kappa shape index (κ2) is 9.17. The highest BCUT2D eigenvalue weighted by Crippen LogP contribution is 2.28. The molecule has 0 radical (unpaired) electrons. The number of halogens is 3. The van der Waals surface area contributed by atoms with Crippen molar-refractivity contribution in [2.24, 2.45) is 0 Å². The van der Waals surface area contributed by atoms with Gasteiger partial charge >= 0.3 is 0 Å². The van der Waals surface area contributed by atoms with Gasteiger partial charge in [0.25, 0.3) is 0 Å². The molecule has 5 nitrogen and oxygen atoms in total. The number of aliphatic hydroxyl groups excluding tert-OH is 1. The molecule has 2 rings (SSSR count). The third kappa shape index (κ3) is 6.03. The smallest absolute Gasteiger partial charge is 0.166 e. The van der Waals surface area contributed by atoms with E-state index < -0.39 is 20.0 Å². The van der Waals surface area contributed by atoms with Crippen molar-refractivity contribution in [1.29, 1.82) is 5.26 Å². The Kier molecular flexibility index (Phi) is 7.43. The molecule has 0 amide bonds. The highest BCUT2D eigenvalue weighted by Gasteiger charge is 2.22. The number of rotatable bonds is 8. The first kappa shape index (κ1) is 21.9. The maximum Gasteiger partial charge on any atom is 0.166 e. The molecule has 0 saturated heterocycles. The molecule has 1 heterocycles. The SMILES string of the molecule is C[Si](C)(C)CCOCn1c(C(O)Cc2ccc(F)c(C#N)c2)nc(Cl)c1Cl. The van der Waals surface area contributed by atoms with Crippen molar-refractivity contribution < 1.29 is 14.2 Å². The number of hydrogen-bond acceptors (Lipinski definition) is 4. The number of aliphatic hydroxyl groups is 1. The predicted molar refractivity (Wildman–Crippen MR) is 106 cm³/mol. The molecule has 1 aromatic carbocycles. The quantitative estimate of drug-likeness (QED) is 0.483.